The lowest BCUT2D eigenvalue weighted by Gasteiger charge is -2.14. The van der Waals surface area contributed by atoms with Crippen LogP contribution in [-0.2, 0) is 4.79 Å². The summed E-state index contributed by atoms with van der Waals surface area (Å²) >= 11 is 0. The summed E-state index contributed by atoms with van der Waals surface area (Å²) in [6.07, 6.45) is 0.524. The molecule has 0 aliphatic rings. The van der Waals surface area contributed by atoms with Gasteiger partial charge in [-0.3, -0.25) is 4.79 Å². The molecule has 5 nitrogen and oxygen atoms in total. The van der Waals surface area contributed by atoms with E-state index in [9.17, 15) is 9.59 Å². The molecule has 0 aromatic carbocycles. The number of urea groups is 1. The standard InChI is InChI=1S/C10H20N2O3/c1-7(2)6-11-10(15)12-8(3)4-5-9(13)14/h7-8H,4-6H2,1-3H3,(H,13,14)(H2,11,12,15). The van der Waals surface area contributed by atoms with Gasteiger partial charge in [-0.25, -0.2) is 4.79 Å². The lowest BCUT2D eigenvalue weighted by atomic mass is 10.2. The van der Waals surface area contributed by atoms with Gasteiger partial charge in [-0.1, -0.05) is 13.8 Å². The number of rotatable bonds is 6. The Labute approximate surface area is 90.2 Å². The van der Waals surface area contributed by atoms with Gasteiger partial charge >= 0.3 is 12.0 Å². The van der Waals surface area contributed by atoms with Gasteiger partial charge in [0.05, 0.1) is 0 Å². The summed E-state index contributed by atoms with van der Waals surface area (Å²) in [7, 11) is 0. The van der Waals surface area contributed by atoms with E-state index in [4.69, 9.17) is 5.11 Å². The Morgan fingerprint density at radius 2 is 1.87 bits per heavy atom. The first-order valence-corrected chi connectivity index (χ1v) is 5.18. The lowest BCUT2D eigenvalue weighted by Crippen LogP contribution is -2.42. The summed E-state index contributed by atoms with van der Waals surface area (Å²) in [6, 6.07) is -0.352. The van der Waals surface area contributed by atoms with Crippen molar-refractivity contribution in [2.45, 2.75) is 39.7 Å². The zero-order valence-corrected chi connectivity index (χ0v) is 9.54. The highest BCUT2D eigenvalue weighted by atomic mass is 16.4. The van der Waals surface area contributed by atoms with Crippen molar-refractivity contribution in [2.75, 3.05) is 6.54 Å². The Hall–Kier alpha value is -1.26. The fourth-order valence-corrected chi connectivity index (χ4v) is 0.984. The molecule has 0 saturated carbocycles. The van der Waals surface area contributed by atoms with Crippen molar-refractivity contribution in [2.24, 2.45) is 5.92 Å². The molecule has 0 spiro atoms. The molecule has 0 heterocycles. The largest absolute Gasteiger partial charge is 0.481 e. The Kier molecular flexibility index (Phi) is 6.49. The third kappa shape index (κ3) is 9.05. The van der Waals surface area contributed by atoms with Crippen LogP contribution in [0.1, 0.15) is 33.6 Å². The first-order valence-electron chi connectivity index (χ1n) is 5.18. The third-order valence-corrected chi connectivity index (χ3v) is 1.84. The second-order valence-electron chi connectivity index (χ2n) is 4.08. The van der Waals surface area contributed by atoms with E-state index in [2.05, 4.69) is 10.6 Å². The molecule has 88 valence electrons. The van der Waals surface area contributed by atoms with Gasteiger partial charge in [0.2, 0.25) is 0 Å². The number of aliphatic carboxylic acids is 1. The molecule has 0 radical (unpaired) electrons. The van der Waals surface area contributed by atoms with E-state index in [0.29, 0.717) is 18.9 Å². The van der Waals surface area contributed by atoms with Gasteiger partial charge in [0, 0.05) is 19.0 Å². The van der Waals surface area contributed by atoms with Crippen LogP contribution in [0.3, 0.4) is 0 Å². The number of carbonyl (C=O) groups is 2. The molecular formula is C10H20N2O3. The predicted octanol–water partition coefficient (Wildman–Crippen LogP) is 1.19. The van der Waals surface area contributed by atoms with Crippen LogP contribution in [0.25, 0.3) is 0 Å². The number of carboxylic acid groups (broad SMARTS) is 1. The monoisotopic (exact) mass is 216 g/mol. The van der Waals surface area contributed by atoms with Gasteiger partial charge in [0.25, 0.3) is 0 Å². The molecule has 0 bridgehead atoms. The lowest BCUT2D eigenvalue weighted by molar-refractivity contribution is -0.137. The van der Waals surface area contributed by atoms with E-state index < -0.39 is 5.97 Å². The summed E-state index contributed by atoms with van der Waals surface area (Å²) < 4.78 is 0. The van der Waals surface area contributed by atoms with Gasteiger partial charge in [0.1, 0.15) is 0 Å². The Balaban J connectivity index is 3.62. The number of nitrogens with one attached hydrogen (secondary N) is 2. The summed E-state index contributed by atoms with van der Waals surface area (Å²) in [4.78, 5) is 21.5. The molecule has 2 amide bonds. The van der Waals surface area contributed by atoms with Crippen molar-refractivity contribution in [1.82, 2.24) is 10.6 Å². The third-order valence-electron chi connectivity index (χ3n) is 1.84. The van der Waals surface area contributed by atoms with Crippen molar-refractivity contribution in [3.63, 3.8) is 0 Å². The van der Waals surface area contributed by atoms with Gasteiger partial charge in [-0.15, -0.1) is 0 Å². The van der Waals surface area contributed by atoms with Crippen LogP contribution in [0.5, 0.6) is 0 Å². The van der Waals surface area contributed by atoms with Gasteiger partial charge in [-0.2, -0.15) is 0 Å². The molecule has 1 atom stereocenters. The molecule has 1 unspecified atom stereocenters. The van der Waals surface area contributed by atoms with E-state index in [1.165, 1.54) is 0 Å². The van der Waals surface area contributed by atoms with Crippen molar-refractivity contribution in [3.8, 4) is 0 Å². The van der Waals surface area contributed by atoms with E-state index in [1.807, 2.05) is 13.8 Å². The molecule has 3 N–H and O–H groups in total. The molecule has 0 rings (SSSR count). The van der Waals surface area contributed by atoms with Crippen LogP contribution >= 0.6 is 0 Å². The van der Waals surface area contributed by atoms with E-state index in [-0.39, 0.29) is 18.5 Å². The van der Waals surface area contributed by atoms with E-state index >= 15 is 0 Å². The van der Waals surface area contributed by atoms with Crippen LogP contribution in [0.2, 0.25) is 0 Å². The SMILES string of the molecule is CC(C)CNC(=O)NC(C)CCC(=O)O. The van der Waals surface area contributed by atoms with Crippen LogP contribution in [0, 0.1) is 5.92 Å². The highest BCUT2D eigenvalue weighted by molar-refractivity contribution is 5.74. The second-order valence-corrected chi connectivity index (χ2v) is 4.08. The molecular weight excluding hydrogens is 196 g/mol. The molecule has 0 aliphatic carbocycles. The quantitative estimate of drug-likeness (QED) is 0.624. The number of hydrogen-bond donors (Lipinski definition) is 3. The molecule has 5 heteroatoms. The fraction of sp³-hybridized carbons (Fsp3) is 0.800. The van der Waals surface area contributed by atoms with E-state index in [1.54, 1.807) is 6.92 Å². The van der Waals surface area contributed by atoms with Gasteiger partial charge in [-0.05, 0) is 19.3 Å². The Morgan fingerprint density at radius 3 is 2.33 bits per heavy atom. The average Bonchev–Trinajstić information content (AvgIpc) is 2.11. The topological polar surface area (TPSA) is 78.4 Å². The van der Waals surface area contributed by atoms with Crippen molar-refractivity contribution >= 4 is 12.0 Å². The highest BCUT2D eigenvalue weighted by Crippen LogP contribution is 1.96. The van der Waals surface area contributed by atoms with Crippen molar-refractivity contribution < 1.29 is 14.7 Å². The Bertz CT molecular complexity index is 217. The minimum absolute atomic E-state index is 0.0750. The van der Waals surface area contributed by atoms with Gasteiger partial charge < -0.3 is 15.7 Å². The van der Waals surface area contributed by atoms with Crippen LogP contribution in [0.15, 0.2) is 0 Å². The number of amides is 2. The Morgan fingerprint density at radius 1 is 1.27 bits per heavy atom. The summed E-state index contributed by atoms with van der Waals surface area (Å²) in [5, 5.41) is 13.8. The zero-order valence-electron chi connectivity index (χ0n) is 9.54. The van der Waals surface area contributed by atoms with Crippen LogP contribution < -0.4 is 10.6 Å². The summed E-state index contributed by atoms with van der Waals surface area (Å²) in [5.41, 5.74) is 0. The summed E-state index contributed by atoms with van der Waals surface area (Å²) in [5.74, 6) is -0.434. The number of carboxylic acids is 1. The molecule has 0 aromatic rings. The molecule has 0 fully saturated rings. The van der Waals surface area contributed by atoms with Crippen molar-refractivity contribution in [1.29, 1.82) is 0 Å². The molecule has 0 saturated heterocycles. The maximum absolute atomic E-state index is 11.2. The van der Waals surface area contributed by atoms with Gasteiger partial charge in [0.15, 0.2) is 0 Å². The highest BCUT2D eigenvalue weighted by Gasteiger charge is 2.08. The smallest absolute Gasteiger partial charge is 0.315 e. The maximum Gasteiger partial charge on any atom is 0.315 e. The minimum atomic E-state index is -0.841. The second kappa shape index (κ2) is 7.09. The first kappa shape index (κ1) is 13.7. The van der Waals surface area contributed by atoms with Crippen molar-refractivity contribution in [3.05, 3.63) is 0 Å². The zero-order chi connectivity index (χ0) is 11.8. The molecule has 0 aromatic heterocycles. The van der Waals surface area contributed by atoms with Crippen LogP contribution in [0.4, 0.5) is 4.79 Å². The molecule has 0 aliphatic heterocycles. The number of hydrogen-bond acceptors (Lipinski definition) is 2. The minimum Gasteiger partial charge on any atom is -0.481 e. The maximum atomic E-state index is 11.2. The van der Waals surface area contributed by atoms with Crippen LogP contribution in [-0.4, -0.2) is 29.7 Å². The average molecular weight is 216 g/mol. The summed E-state index contributed by atoms with van der Waals surface area (Å²) in [6.45, 7) is 6.43. The fourth-order valence-electron chi connectivity index (χ4n) is 0.984. The normalized spacial score (nSPS) is 12.3. The molecule has 15 heavy (non-hydrogen) atoms. The van der Waals surface area contributed by atoms with E-state index in [0.717, 1.165) is 0 Å². The number of carbonyl (C=O) groups excluding carboxylic acids is 1. The predicted molar refractivity (Wildman–Crippen MR) is 57.7 cm³/mol. The first-order chi connectivity index (χ1) is 6.91.